The second kappa shape index (κ2) is 4.39. The Morgan fingerprint density at radius 1 is 1.43 bits per heavy atom. The van der Waals surface area contributed by atoms with Crippen LogP contribution in [-0.4, -0.2) is 46.5 Å². The molecule has 0 heterocycles. The minimum Gasteiger partial charge on any atom is -0.481 e. The largest absolute Gasteiger partial charge is 0.481 e. The molecule has 1 aliphatic carbocycles. The standard InChI is InChI=1S/C8H13NO5/c10-3-4(11)2-9-7(12)5-1-6(5)8(13)14/h4-6,10-11H,1-3H2,(H,9,12)(H,13,14). The van der Waals surface area contributed by atoms with Gasteiger partial charge in [0.05, 0.1) is 24.5 Å². The van der Waals surface area contributed by atoms with Crippen molar-refractivity contribution in [3.05, 3.63) is 0 Å². The Balaban J connectivity index is 2.21. The van der Waals surface area contributed by atoms with Gasteiger partial charge in [-0.3, -0.25) is 9.59 Å². The van der Waals surface area contributed by atoms with Gasteiger partial charge in [0, 0.05) is 6.54 Å². The number of carboxylic acids is 1. The second-order valence-corrected chi connectivity index (χ2v) is 3.37. The van der Waals surface area contributed by atoms with Gasteiger partial charge in [-0.05, 0) is 6.42 Å². The summed E-state index contributed by atoms with van der Waals surface area (Å²) in [5.74, 6) is -2.39. The lowest BCUT2D eigenvalue weighted by molar-refractivity contribution is -0.140. The molecule has 4 N–H and O–H groups in total. The Hall–Kier alpha value is -1.14. The van der Waals surface area contributed by atoms with Gasteiger partial charge < -0.3 is 20.6 Å². The molecule has 0 bridgehead atoms. The fourth-order valence-corrected chi connectivity index (χ4v) is 1.17. The van der Waals surface area contributed by atoms with Crippen molar-refractivity contribution in [3.63, 3.8) is 0 Å². The summed E-state index contributed by atoms with van der Waals surface area (Å²) in [6, 6.07) is 0. The molecule has 1 fully saturated rings. The summed E-state index contributed by atoms with van der Waals surface area (Å²) >= 11 is 0. The molecule has 0 aromatic heterocycles. The average molecular weight is 203 g/mol. The third kappa shape index (κ3) is 2.68. The van der Waals surface area contributed by atoms with Crippen molar-refractivity contribution in [2.24, 2.45) is 11.8 Å². The number of hydrogen-bond acceptors (Lipinski definition) is 4. The smallest absolute Gasteiger partial charge is 0.307 e. The van der Waals surface area contributed by atoms with Crippen LogP contribution in [0.1, 0.15) is 6.42 Å². The van der Waals surface area contributed by atoms with E-state index in [9.17, 15) is 9.59 Å². The predicted octanol–water partition coefficient (Wildman–Crippen LogP) is -1.82. The maximum absolute atomic E-state index is 11.2. The SMILES string of the molecule is O=C(O)C1CC1C(=O)NCC(O)CO. The first-order valence-electron chi connectivity index (χ1n) is 4.35. The van der Waals surface area contributed by atoms with Gasteiger partial charge in [-0.1, -0.05) is 0 Å². The van der Waals surface area contributed by atoms with Gasteiger partial charge in [0.2, 0.25) is 5.91 Å². The first-order chi connectivity index (χ1) is 6.56. The van der Waals surface area contributed by atoms with Gasteiger partial charge in [-0.25, -0.2) is 0 Å². The molecule has 0 radical (unpaired) electrons. The average Bonchev–Trinajstić information content (AvgIpc) is 2.92. The second-order valence-electron chi connectivity index (χ2n) is 3.37. The van der Waals surface area contributed by atoms with Crippen molar-refractivity contribution in [3.8, 4) is 0 Å². The van der Waals surface area contributed by atoms with Crippen LogP contribution in [0.5, 0.6) is 0 Å². The first kappa shape index (κ1) is 10.9. The normalized spacial score (nSPS) is 26.7. The fraction of sp³-hybridized carbons (Fsp3) is 0.750. The van der Waals surface area contributed by atoms with Gasteiger partial charge in [0.25, 0.3) is 0 Å². The van der Waals surface area contributed by atoms with E-state index in [4.69, 9.17) is 15.3 Å². The zero-order valence-electron chi connectivity index (χ0n) is 7.51. The van der Waals surface area contributed by atoms with Gasteiger partial charge >= 0.3 is 5.97 Å². The monoisotopic (exact) mass is 203 g/mol. The zero-order valence-corrected chi connectivity index (χ0v) is 7.51. The predicted molar refractivity (Wildman–Crippen MR) is 45.3 cm³/mol. The van der Waals surface area contributed by atoms with Crippen molar-refractivity contribution in [2.75, 3.05) is 13.2 Å². The number of aliphatic carboxylic acids is 1. The van der Waals surface area contributed by atoms with E-state index in [0.717, 1.165) is 0 Å². The van der Waals surface area contributed by atoms with E-state index >= 15 is 0 Å². The molecule has 0 aromatic rings. The molecule has 1 amide bonds. The quantitative estimate of drug-likeness (QED) is 0.420. The minimum absolute atomic E-state index is 0.0435. The van der Waals surface area contributed by atoms with Crippen LogP contribution in [0.15, 0.2) is 0 Å². The molecule has 0 aliphatic heterocycles. The maximum atomic E-state index is 11.2. The van der Waals surface area contributed by atoms with Crippen LogP contribution in [-0.2, 0) is 9.59 Å². The summed E-state index contributed by atoms with van der Waals surface area (Å²) in [5.41, 5.74) is 0. The molecule has 0 spiro atoms. The van der Waals surface area contributed by atoms with E-state index in [-0.39, 0.29) is 12.5 Å². The van der Waals surface area contributed by atoms with Crippen LogP contribution in [0.4, 0.5) is 0 Å². The van der Waals surface area contributed by atoms with Crippen molar-refractivity contribution >= 4 is 11.9 Å². The van der Waals surface area contributed by atoms with Crippen molar-refractivity contribution in [2.45, 2.75) is 12.5 Å². The first-order valence-corrected chi connectivity index (χ1v) is 4.35. The number of carbonyl (C=O) groups excluding carboxylic acids is 1. The van der Waals surface area contributed by atoms with E-state index in [2.05, 4.69) is 5.32 Å². The maximum Gasteiger partial charge on any atom is 0.307 e. The van der Waals surface area contributed by atoms with E-state index < -0.39 is 30.5 Å². The van der Waals surface area contributed by atoms with Crippen LogP contribution in [0.25, 0.3) is 0 Å². The Kier molecular flexibility index (Phi) is 3.43. The van der Waals surface area contributed by atoms with Gasteiger partial charge in [0.15, 0.2) is 0 Å². The number of carboxylic acid groups (broad SMARTS) is 1. The van der Waals surface area contributed by atoms with E-state index in [1.54, 1.807) is 0 Å². The Morgan fingerprint density at radius 2 is 2.07 bits per heavy atom. The minimum atomic E-state index is -0.985. The van der Waals surface area contributed by atoms with Crippen molar-refractivity contribution in [1.29, 1.82) is 0 Å². The van der Waals surface area contributed by atoms with Crippen LogP contribution in [0.2, 0.25) is 0 Å². The van der Waals surface area contributed by atoms with Gasteiger partial charge in [-0.15, -0.1) is 0 Å². The van der Waals surface area contributed by atoms with E-state index in [1.165, 1.54) is 0 Å². The molecular formula is C8H13NO5. The lowest BCUT2D eigenvalue weighted by Crippen LogP contribution is -2.35. The highest BCUT2D eigenvalue weighted by atomic mass is 16.4. The summed E-state index contributed by atoms with van der Waals surface area (Å²) < 4.78 is 0. The van der Waals surface area contributed by atoms with Crippen LogP contribution < -0.4 is 5.32 Å². The van der Waals surface area contributed by atoms with Crippen molar-refractivity contribution < 1.29 is 24.9 Å². The van der Waals surface area contributed by atoms with Crippen LogP contribution in [0.3, 0.4) is 0 Å². The Bertz CT molecular complexity index is 242. The number of nitrogens with one attached hydrogen (secondary N) is 1. The number of hydrogen-bond donors (Lipinski definition) is 4. The Morgan fingerprint density at radius 3 is 2.50 bits per heavy atom. The number of carbonyl (C=O) groups is 2. The Labute approximate surface area is 80.5 Å². The summed E-state index contributed by atoms with van der Waals surface area (Å²) in [7, 11) is 0. The molecule has 1 saturated carbocycles. The highest BCUT2D eigenvalue weighted by molar-refractivity contribution is 5.89. The highest BCUT2D eigenvalue weighted by Crippen LogP contribution is 2.38. The summed E-state index contributed by atoms with van der Waals surface area (Å²) in [6.07, 6.45) is -0.628. The van der Waals surface area contributed by atoms with Crippen molar-refractivity contribution in [1.82, 2.24) is 5.32 Å². The molecule has 1 aliphatic rings. The number of amides is 1. The number of aliphatic hydroxyl groups is 2. The molecular weight excluding hydrogens is 190 g/mol. The lowest BCUT2D eigenvalue weighted by Gasteiger charge is -2.08. The van der Waals surface area contributed by atoms with Crippen LogP contribution >= 0.6 is 0 Å². The van der Waals surface area contributed by atoms with E-state index in [0.29, 0.717) is 6.42 Å². The number of rotatable bonds is 5. The summed E-state index contributed by atoms with van der Waals surface area (Å²) in [5, 5.41) is 28.2. The van der Waals surface area contributed by atoms with Gasteiger partial charge in [-0.2, -0.15) is 0 Å². The molecule has 80 valence electrons. The molecule has 6 nitrogen and oxygen atoms in total. The summed E-state index contributed by atoms with van der Waals surface area (Å²) in [6.45, 7) is -0.467. The lowest BCUT2D eigenvalue weighted by atomic mass is 10.3. The molecule has 3 atom stereocenters. The van der Waals surface area contributed by atoms with Gasteiger partial charge in [0.1, 0.15) is 0 Å². The third-order valence-corrected chi connectivity index (χ3v) is 2.17. The third-order valence-electron chi connectivity index (χ3n) is 2.17. The van der Waals surface area contributed by atoms with E-state index in [1.807, 2.05) is 0 Å². The fourth-order valence-electron chi connectivity index (χ4n) is 1.17. The highest BCUT2D eigenvalue weighted by Gasteiger charge is 2.48. The molecule has 1 rings (SSSR count). The molecule has 3 unspecified atom stereocenters. The summed E-state index contributed by atoms with van der Waals surface area (Å²) in [4.78, 5) is 21.6. The topological polar surface area (TPSA) is 107 Å². The molecule has 14 heavy (non-hydrogen) atoms. The van der Waals surface area contributed by atoms with Crippen LogP contribution in [0, 0.1) is 11.8 Å². The zero-order chi connectivity index (χ0) is 10.7. The molecule has 0 aromatic carbocycles. The molecule has 6 heteroatoms. The number of aliphatic hydroxyl groups excluding tert-OH is 2. The molecule has 0 saturated heterocycles.